The molecule has 0 fully saturated rings. The molecule has 0 bridgehead atoms. The number of nitrogens with one attached hydrogen (secondary N) is 1. The maximum Gasteiger partial charge on any atom is 0.380 e. The van der Waals surface area contributed by atoms with Crippen molar-refractivity contribution >= 4 is 26.2 Å². The summed E-state index contributed by atoms with van der Waals surface area (Å²) in [5.74, 6) is 0.0446. The van der Waals surface area contributed by atoms with Crippen LogP contribution in [0.25, 0.3) is 11.1 Å². The standard InChI is InChI=1S/C12H13N3O5S2/c13-21(16,17)15-12-4-2-1-3-11(12)9-5-7-10(8-6-9)20-22(14,18)19/h1-8,15H,(H2,13,16,17)(H2,14,18,19). The van der Waals surface area contributed by atoms with Crippen LogP contribution in [0.15, 0.2) is 48.5 Å². The maximum absolute atomic E-state index is 11.2. The van der Waals surface area contributed by atoms with Gasteiger partial charge in [0.2, 0.25) is 0 Å². The smallest absolute Gasteiger partial charge is 0.371 e. The van der Waals surface area contributed by atoms with Gasteiger partial charge in [-0.15, -0.1) is 0 Å². The fourth-order valence-electron chi connectivity index (χ4n) is 1.80. The van der Waals surface area contributed by atoms with E-state index in [0.717, 1.165) is 0 Å². The second-order valence-electron chi connectivity index (χ2n) is 4.29. The predicted molar refractivity (Wildman–Crippen MR) is 82.3 cm³/mol. The van der Waals surface area contributed by atoms with E-state index in [1.165, 1.54) is 12.1 Å². The minimum absolute atomic E-state index is 0.0446. The lowest BCUT2D eigenvalue weighted by molar-refractivity contribution is 0.488. The average molecular weight is 343 g/mol. The highest BCUT2D eigenvalue weighted by Gasteiger charge is 2.10. The number of para-hydroxylation sites is 1. The summed E-state index contributed by atoms with van der Waals surface area (Å²) in [7, 11) is -8.01. The zero-order valence-electron chi connectivity index (χ0n) is 11.1. The monoisotopic (exact) mass is 343 g/mol. The first-order valence-corrected chi connectivity index (χ1v) is 8.88. The summed E-state index contributed by atoms with van der Waals surface area (Å²) in [5, 5.41) is 9.74. The Hall–Kier alpha value is -2.14. The molecule has 0 amide bonds. The molecule has 2 rings (SSSR count). The third kappa shape index (κ3) is 4.70. The Morgan fingerprint density at radius 1 is 0.864 bits per heavy atom. The van der Waals surface area contributed by atoms with Crippen molar-refractivity contribution in [3.05, 3.63) is 48.5 Å². The van der Waals surface area contributed by atoms with Crippen molar-refractivity contribution in [3.8, 4) is 16.9 Å². The SMILES string of the molecule is NS(=O)(=O)Nc1ccccc1-c1ccc(OS(N)(=O)=O)cc1. The zero-order chi connectivity index (χ0) is 16.4. The van der Waals surface area contributed by atoms with Gasteiger partial charge in [-0.05, 0) is 23.8 Å². The number of benzene rings is 2. The quantitative estimate of drug-likeness (QED) is 0.727. The lowest BCUT2D eigenvalue weighted by atomic mass is 10.0. The number of hydrogen-bond acceptors (Lipinski definition) is 5. The average Bonchev–Trinajstić information content (AvgIpc) is 2.37. The summed E-state index contributed by atoms with van der Waals surface area (Å²) >= 11 is 0. The van der Waals surface area contributed by atoms with Gasteiger partial charge in [-0.2, -0.15) is 22.0 Å². The molecular formula is C12H13N3O5S2. The van der Waals surface area contributed by atoms with Crippen LogP contribution in [0.4, 0.5) is 5.69 Å². The summed E-state index contributed by atoms with van der Waals surface area (Å²) in [5.41, 5.74) is 1.50. The molecule has 0 aliphatic carbocycles. The van der Waals surface area contributed by atoms with Gasteiger partial charge in [0.15, 0.2) is 0 Å². The van der Waals surface area contributed by atoms with Gasteiger partial charge in [0, 0.05) is 5.56 Å². The fraction of sp³-hybridized carbons (Fsp3) is 0. The molecule has 2 aromatic carbocycles. The van der Waals surface area contributed by atoms with Crippen LogP contribution in [0.2, 0.25) is 0 Å². The molecule has 0 heterocycles. The van der Waals surface area contributed by atoms with Gasteiger partial charge in [-0.3, -0.25) is 4.72 Å². The maximum atomic E-state index is 11.2. The minimum atomic E-state index is -4.10. The molecule has 0 saturated heterocycles. The molecule has 0 saturated carbocycles. The number of anilines is 1. The van der Waals surface area contributed by atoms with Crippen LogP contribution in [0.5, 0.6) is 5.75 Å². The van der Waals surface area contributed by atoms with Gasteiger partial charge in [0.25, 0.3) is 10.2 Å². The van der Waals surface area contributed by atoms with Crippen molar-refractivity contribution < 1.29 is 21.0 Å². The molecule has 5 N–H and O–H groups in total. The highest BCUT2D eigenvalue weighted by atomic mass is 32.2. The van der Waals surface area contributed by atoms with Gasteiger partial charge in [0.05, 0.1) is 5.69 Å². The zero-order valence-corrected chi connectivity index (χ0v) is 12.8. The van der Waals surface area contributed by atoms with Crippen LogP contribution in [-0.2, 0) is 20.5 Å². The van der Waals surface area contributed by atoms with E-state index in [1.54, 1.807) is 36.4 Å². The van der Waals surface area contributed by atoms with Crippen LogP contribution in [0, 0.1) is 0 Å². The second-order valence-corrected chi connectivity index (χ2v) is 6.74. The molecule has 22 heavy (non-hydrogen) atoms. The molecule has 10 heteroatoms. The highest BCUT2D eigenvalue weighted by Crippen LogP contribution is 2.29. The van der Waals surface area contributed by atoms with Gasteiger partial charge in [0.1, 0.15) is 5.75 Å². The molecule has 2 aromatic rings. The van der Waals surface area contributed by atoms with Crippen molar-refractivity contribution in [2.24, 2.45) is 10.3 Å². The Bertz CT molecular complexity index is 877. The molecular weight excluding hydrogens is 330 g/mol. The normalized spacial score (nSPS) is 11.9. The number of hydrogen-bond donors (Lipinski definition) is 3. The van der Waals surface area contributed by atoms with Gasteiger partial charge in [-0.25, -0.2) is 5.14 Å². The van der Waals surface area contributed by atoms with E-state index in [4.69, 9.17) is 10.3 Å². The van der Waals surface area contributed by atoms with E-state index < -0.39 is 20.5 Å². The Morgan fingerprint density at radius 2 is 1.45 bits per heavy atom. The van der Waals surface area contributed by atoms with E-state index in [-0.39, 0.29) is 5.75 Å². The predicted octanol–water partition coefficient (Wildman–Crippen LogP) is 0.551. The van der Waals surface area contributed by atoms with Crippen molar-refractivity contribution in [2.45, 2.75) is 0 Å². The first-order chi connectivity index (χ1) is 10.1. The van der Waals surface area contributed by atoms with E-state index in [9.17, 15) is 16.8 Å². The minimum Gasteiger partial charge on any atom is -0.371 e. The molecule has 0 spiro atoms. The van der Waals surface area contributed by atoms with Crippen molar-refractivity contribution in [1.82, 2.24) is 0 Å². The van der Waals surface area contributed by atoms with E-state index in [0.29, 0.717) is 16.8 Å². The number of rotatable bonds is 5. The van der Waals surface area contributed by atoms with Gasteiger partial charge >= 0.3 is 10.3 Å². The molecule has 0 aliphatic heterocycles. The second kappa shape index (κ2) is 5.93. The van der Waals surface area contributed by atoms with E-state index in [2.05, 4.69) is 8.91 Å². The molecule has 0 radical (unpaired) electrons. The van der Waals surface area contributed by atoms with Crippen LogP contribution < -0.4 is 19.2 Å². The third-order valence-corrected chi connectivity index (χ3v) is 3.49. The van der Waals surface area contributed by atoms with Crippen LogP contribution >= 0.6 is 0 Å². The summed E-state index contributed by atoms with van der Waals surface area (Å²) in [4.78, 5) is 0. The fourth-order valence-corrected chi connectivity index (χ4v) is 2.67. The molecule has 0 aliphatic rings. The van der Waals surface area contributed by atoms with Crippen LogP contribution in [-0.4, -0.2) is 16.8 Å². The van der Waals surface area contributed by atoms with Crippen molar-refractivity contribution in [3.63, 3.8) is 0 Å². The highest BCUT2D eigenvalue weighted by molar-refractivity contribution is 7.90. The van der Waals surface area contributed by atoms with E-state index in [1.807, 2.05) is 0 Å². The lowest BCUT2D eigenvalue weighted by Crippen LogP contribution is -2.22. The summed E-state index contributed by atoms with van der Waals surface area (Å²) in [6, 6.07) is 12.5. The summed E-state index contributed by atoms with van der Waals surface area (Å²) < 4.78 is 50.7. The molecule has 0 unspecified atom stereocenters. The Labute approximate surface area is 128 Å². The molecule has 118 valence electrons. The van der Waals surface area contributed by atoms with Gasteiger partial charge < -0.3 is 4.18 Å². The van der Waals surface area contributed by atoms with Crippen molar-refractivity contribution in [2.75, 3.05) is 4.72 Å². The number of nitrogens with two attached hydrogens (primary N) is 2. The Kier molecular flexibility index (Phi) is 4.37. The van der Waals surface area contributed by atoms with Crippen molar-refractivity contribution in [1.29, 1.82) is 0 Å². The van der Waals surface area contributed by atoms with E-state index >= 15 is 0 Å². The Balaban J connectivity index is 2.37. The summed E-state index contributed by atoms with van der Waals surface area (Å²) in [6.07, 6.45) is 0. The lowest BCUT2D eigenvalue weighted by Gasteiger charge is -2.11. The Morgan fingerprint density at radius 3 is 2.00 bits per heavy atom. The van der Waals surface area contributed by atoms with Crippen LogP contribution in [0.3, 0.4) is 0 Å². The molecule has 8 nitrogen and oxygen atoms in total. The third-order valence-electron chi connectivity index (χ3n) is 2.56. The molecule has 0 atom stereocenters. The summed E-state index contributed by atoms with van der Waals surface area (Å²) in [6.45, 7) is 0. The molecule has 0 aromatic heterocycles. The first kappa shape index (κ1) is 16.2. The topological polar surface area (TPSA) is 142 Å². The van der Waals surface area contributed by atoms with Crippen LogP contribution in [0.1, 0.15) is 0 Å². The van der Waals surface area contributed by atoms with Gasteiger partial charge in [-0.1, -0.05) is 30.3 Å². The largest absolute Gasteiger partial charge is 0.380 e. The first-order valence-electron chi connectivity index (χ1n) is 5.86.